The molecule has 2 N–H and O–H groups in total. The second kappa shape index (κ2) is 10.6. The quantitative estimate of drug-likeness (QED) is 0.177. The summed E-state index contributed by atoms with van der Waals surface area (Å²) in [7, 11) is 2.95. The zero-order valence-corrected chi connectivity index (χ0v) is 21.8. The van der Waals surface area contributed by atoms with Crippen molar-refractivity contribution in [3.8, 4) is 11.1 Å². The maximum absolute atomic E-state index is 13.2. The van der Waals surface area contributed by atoms with E-state index in [1.165, 1.54) is 23.0 Å². The maximum Gasteiger partial charge on any atom is 0.328 e. The summed E-state index contributed by atoms with van der Waals surface area (Å²) < 4.78 is 6.39. The Morgan fingerprint density at radius 1 is 1.16 bits per heavy atom. The van der Waals surface area contributed by atoms with E-state index in [1.54, 1.807) is 7.05 Å². The van der Waals surface area contributed by atoms with Crippen LogP contribution < -0.4 is 10.9 Å². The van der Waals surface area contributed by atoms with Gasteiger partial charge < -0.3 is 15.0 Å². The lowest BCUT2D eigenvalue weighted by molar-refractivity contribution is -0.144. The fraction of sp³-hybridized carbons (Fsp3) is 0.185. The number of H-pyrrole nitrogens is 1. The molecule has 0 aliphatic rings. The van der Waals surface area contributed by atoms with Crippen molar-refractivity contribution in [2.45, 2.75) is 17.6 Å². The van der Waals surface area contributed by atoms with Gasteiger partial charge in [0.1, 0.15) is 10.9 Å². The van der Waals surface area contributed by atoms with Crippen molar-refractivity contribution in [2.75, 3.05) is 12.9 Å². The van der Waals surface area contributed by atoms with Crippen LogP contribution in [0.15, 0.2) is 76.1 Å². The number of thiophene rings is 1. The molecule has 1 unspecified atom stereocenters. The molecule has 1 atom stereocenters. The minimum atomic E-state index is -0.845. The zero-order valence-electron chi connectivity index (χ0n) is 20.2. The topological polar surface area (TPSA) is 106 Å². The maximum atomic E-state index is 13.2. The van der Waals surface area contributed by atoms with Crippen molar-refractivity contribution in [1.29, 1.82) is 0 Å². The standard InChI is InChI=1S/C27H24N4O4S2/c1-31-25(33)23-19(16-8-4-3-5-9-16)14-36-24(23)30-27(31)37-15-22(32)29-21(26(34)35-2)12-17-13-28-20-11-7-6-10-18(17)20/h3-11,13-14,21,28H,12,15H2,1-2H3,(H,29,32). The molecule has 188 valence electrons. The number of nitrogens with one attached hydrogen (secondary N) is 2. The van der Waals surface area contributed by atoms with Gasteiger partial charge in [0, 0.05) is 41.5 Å². The predicted octanol–water partition coefficient (Wildman–Crippen LogP) is 4.14. The van der Waals surface area contributed by atoms with Crippen molar-refractivity contribution in [3.05, 3.63) is 82.1 Å². The molecule has 0 fully saturated rings. The van der Waals surface area contributed by atoms with Crippen LogP contribution in [0.1, 0.15) is 5.56 Å². The molecular formula is C27H24N4O4S2. The number of carbonyl (C=O) groups is 2. The monoisotopic (exact) mass is 532 g/mol. The van der Waals surface area contributed by atoms with Crippen LogP contribution in [-0.4, -0.2) is 45.3 Å². The molecule has 8 nitrogen and oxygen atoms in total. The molecule has 0 spiro atoms. The van der Waals surface area contributed by atoms with E-state index in [0.717, 1.165) is 39.4 Å². The minimum Gasteiger partial charge on any atom is -0.467 e. The lowest BCUT2D eigenvalue weighted by Crippen LogP contribution is -2.43. The van der Waals surface area contributed by atoms with Gasteiger partial charge in [-0.15, -0.1) is 11.3 Å². The highest BCUT2D eigenvalue weighted by molar-refractivity contribution is 7.99. The van der Waals surface area contributed by atoms with Crippen LogP contribution in [0, 0.1) is 0 Å². The predicted molar refractivity (Wildman–Crippen MR) is 147 cm³/mol. The number of aromatic nitrogens is 3. The van der Waals surface area contributed by atoms with E-state index < -0.39 is 12.0 Å². The van der Waals surface area contributed by atoms with Gasteiger partial charge in [-0.25, -0.2) is 9.78 Å². The van der Waals surface area contributed by atoms with E-state index in [9.17, 15) is 14.4 Å². The second-order valence-electron chi connectivity index (χ2n) is 8.45. The highest BCUT2D eigenvalue weighted by Crippen LogP contribution is 2.31. The Morgan fingerprint density at radius 2 is 1.92 bits per heavy atom. The third-order valence-corrected chi connectivity index (χ3v) is 8.01. The number of methoxy groups -OCH3 is 1. The van der Waals surface area contributed by atoms with Crippen molar-refractivity contribution >= 4 is 56.1 Å². The molecule has 5 aromatic rings. The molecule has 1 amide bonds. The van der Waals surface area contributed by atoms with Crippen molar-refractivity contribution in [2.24, 2.45) is 7.05 Å². The van der Waals surface area contributed by atoms with E-state index >= 15 is 0 Å². The van der Waals surface area contributed by atoms with Gasteiger partial charge in [-0.1, -0.05) is 60.3 Å². The average molecular weight is 533 g/mol. The normalized spacial score (nSPS) is 12.1. The SMILES string of the molecule is COC(=O)C(Cc1c[nH]c2ccccc12)NC(=O)CSc1nc2scc(-c3ccccc3)c2c(=O)n1C. The zero-order chi connectivity index (χ0) is 25.9. The summed E-state index contributed by atoms with van der Waals surface area (Å²) >= 11 is 2.55. The Hall–Kier alpha value is -3.89. The van der Waals surface area contributed by atoms with Crippen LogP contribution in [0.5, 0.6) is 0 Å². The molecule has 0 saturated heterocycles. The molecule has 3 aromatic heterocycles. The van der Waals surface area contributed by atoms with E-state index in [2.05, 4.69) is 15.3 Å². The Kier molecular flexibility index (Phi) is 7.11. The van der Waals surface area contributed by atoms with Gasteiger partial charge in [0.15, 0.2) is 5.16 Å². The fourth-order valence-corrected chi connectivity index (χ4v) is 6.01. The van der Waals surface area contributed by atoms with Gasteiger partial charge >= 0.3 is 5.97 Å². The lowest BCUT2D eigenvalue weighted by Gasteiger charge is -2.16. The number of amides is 1. The molecule has 5 rings (SSSR count). The van der Waals surface area contributed by atoms with Gasteiger partial charge in [0.2, 0.25) is 5.91 Å². The number of aromatic amines is 1. The van der Waals surface area contributed by atoms with Gasteiger partial charge in [-0.3, -0.25) is 14.2 Å². The third-order valence-electron chi connectivity index (χ3n) is 6.11. The molecule has 0 aliphatic heterocycles. The van der Waals surface area contributed by atoms with Gasteiger partial charge in [-0.2, -0.15) is 0 Å². The van der Waals surface area contributed by atoms with E-state index in [0.29, 0.717) is 15.4 Å². The summed E-state index contributed by atoms with van der Waals surface area (Å²) in [5.41, 5.74) is 3.49. The van der Waals surface area contributed by atoms with Gasteiger partial charge in [-0.05, 0) is 17.2 Å². The molecule has 37 heavy (non-hydrogen) atoms. The first-order valence-corrected chi connectivity index (χ1v) is 13.4. The first kappa shape index (κ1) is 24.8. The summed E-state index contributed by atoms with van der Waals surface area (Å²) in [5, 5.41) is 6.69. The average Bonchev–Trinajstić information content (AvgIpc) is 3.54. The molecule has 10 heteroatoms. The number of ether oxygens (including phenoxy) is 1. The number of nitrogens with zero attached hydrogens (tertiary/aromatic N) is 2. The van der Waals surface area contributed by atoms with E-state index in [1.807, 2.05) is 66.2 Å². The molecule has 0 bridgehead atoms. The van der Waals surface area contributed by atoms with Crippen LogP contribution in [0.25, 0.3) is 32.2 Å². The molecule has 3 heterocycles. The highest BCUT2D eigenvalue weighted by Gasteiger charge is 2.24. The van der Waals surface area contributed by atoms with Gasteiger partial charge in [0.25, 0.3) is 5.56 Å². The van der Waals surface area contributed by atoms with Crippen LogP contribution in [0.2, 0.25) is 0 Å². The fourth-order valence-electron chi connectivity index (χ4n) is 4.23. The number of rotatable bonds is 8. The summed E-state index contributed by atoms with van der Waals surface area (Å²) in [6.45, 7) is 0. The first-order valence-electron chi connectivity index (χ1n) is 11.5. The van der Waals surface area contributed by atoms with Crippen molar-refractivity contribution in [1.82, 2.24) is 19.9 Å². The van der Waals surface area contributed by atoms with Crippen molar-refractivity contribution in [3.63, 3.8) is 0 Å². The Labute approximate surface area is 220 Å². The van der Waals surface area contributed by atoms with Crippen LogP contribution >= 0.6 is 23.1 Å². The number of carbonyl (C=O) groups excluding carboxylic acids is 2. The number of fused-ring (bicyclic) bond motifs is 2. The minimum absolute atomic E-state index is 0.00984. The lowest BCUT2D eigenvalue weighted by atomic mass is 10.0. The van der Waals surface area contributed by atoms with Crippen LogP contribution in [0.3, 0.4) is 0 Å². The Bertz CT molecular complexity index is 1660. The summed E-state index contributed by atoms with van der Waals surface area (Å²) in [4.78, 5) is 46.9. The van der Waals surface area contributed by atoms with Gasteiger partial charge in [0.05, 0.1) is 18.2 Å². The molecule has 0 radical (unpaired) electrons. The van der Waals surface area contributed by atoms with E-state index in [4.69, 9.17) is 4.74 Å². The number of hydrogen-bond acceptors (Lipinski definition) is 7. The van der Waals surface area contributed by atoms with Crippen molar-refractivity contribution < 1.29 is 14.3 Å². The van der Waals surface area contributed by atoms with E-state index in [-0.39, 0.29) is 23.6 Å². The third kappa shape index (κ3) is 5.03. The summed E-state index contributed by atoms with van der Waals surface area (Å²) in [6.07, 6.45) is 2.12. The molecule has 0 saturated carbocycles. The Morgan fingerprint density at radius 3 is 2.70 bits per heavy atom. The first-order chi connectivity index (χ1) is 18.0. The number of esters is 1. The van der Waals surface area contributed by atoms with Crippen LogP contribution in [0.4, 0.5) is 0 Å². The Balaban J connectivity index is 1.31. The number of para-hydroxylation sites is 1. The number of benzene rings is 2. The summed E-state index contributed by atoms with van der Waals surface area (Å²) in [6, 6.07) is 16.6. The highest BCUT2D eigenvalue weighted by atomic mass is 32.2. The summed E-state index contributed by atoms with van der Waals surface area (Å²) in [5.74, 6) is -0.891. The number of hydrogen-bond donors (Lipinski definition) is 2. The largest absolute Gasteiger partial charge is 0.467 e. The molecular weight excluding hydrogens is 508 g/mol. The smallest absolute Gasteiger partial charge is 0.328 e. The molecule has 0 aliphatic carbocycles. The van der Waals surface area contributed by atoms with Crippen LogP contribution in [-0.2, 0) is 27.8 Å². The number of thioether (sulfide) groups is 1. The molecule has 2 aromatic carbocycles. The second-order valence-corrected chi connectivity index (χ2v) is 10.3.